The van der Waals surface area contributed by atoms with E-state index in [9.17, 15) is 18.0 Å². The molecule has 0 unspecified atom stereocenters. The number of nitrogens with one attached hydrogen (secondary N) is 2. The van der Waals surface area contributed by atoms with Crippen LogP contribution in [0, 0.1) is 13.8 Å². The van der Waals surface area contributed by atoms with Gasteiger partial charge in [-0.1, -0.05) is 17.7 Å². The van der Waals surface area contributed by atoms with Gasteiger partial charge in [0.2, 0.25) is 0 Å². The van der Waals surface area contributed by atoms with Gasteiger partial charge in [0.15, 0.2) is 5.11 Å². The second kappa shape index (κ2) is 7.41. The molecule has 2 N–H and O–H groups in total. The number of benzene rings is 2. The van der Waals surface area contributed by atoms with E-state index in [4.69, 9.17) is 23.8 Å². The van der Waals surface area contributed by atoms with E-state index in [0.29, 0.717) is 5.56 Å². The van der Waals surface area contributed by atoms with Crippen molar-refractivity contribution in [3.05, 3.63) is 63.7 Å². The number of carbonyl (C=O) groups excluding carboxylic acids is 1. The first-order valence-electron chi connectivity index (χ1n) is 7.14. The van der Waals surface area contributed by atoms with Gasteiger partial charge in [-0.25, -0.2) is 0 Å². The van der Waals surface area contributed by atoms with Crippen molar-refractivity contribution < 1.29 is 18.0 Å². The van der Waals surface area contributed by atoms with Crippen molar-refractivity contribution in [2.75, 3.05) is 5.32 Å². The summed E-state index contributed by atoms with van der Waals surface area (Å²) in [4.78, 5) is 12.2. The molecular formula is C17H14ClF3N2OS. The molecule has 1 amide bonds. The summed E-state index contributed by atoms with van der Waals surface area (Å²) in [5, 5.41) is 4.84. The van der Waals surface area contributed by atoms with Crippen molar-refractivity contribution in [3.63, 3.8) is 0 Å². The molecule has 0 bridgehead atoms. The minimum atomic E-state index is -4.51. The van der Waals surface area contributed by atoms with Gasteiger partial charge in [-0.2, -0.15) is 13.2 Å². The molecule has 0 aliphatic carbocycles. The predicted molar refractivity (Wildman–Crippen MR) is 96.1 cm³/mol. The van der Waals surface area contributed by atoms with Crippen LogP contribution in [0.25, 0.3) is 0 Å². The number of halogens is 4. The fourth-order valence-corrected chi connectivity index (χ4v) is 2.38. The molecule has 0 fully saturated rings. The summed E-state index contributed by atoms with van der Waals surface area (Å²) in [6.45, 7) is 3.78. The van der Waals surface area contributed by atoms with Crippen molar-refractivity contribution in [2.24, 2.45) is 0 Å². The highest BCUT2D eigenvalue weighted by molar-refractivity contribution is 7.80. The van der Waals surface area contributed by atoms with Gasteiger partial charge in [0.25, 0.3) is 5.91 Å². The molecule has 0 aliphatic heterocycles. The molecule has 2 aromatic carbocycles. The molecular weight excluding hydrogens is 373 g/mol. The van der Waals surface area contributed by atoms with Crippen LogP contribution in [0.5, 0.6) is 0 Å². The van der Waals surface area contributed by atoms with E-state index < -0.39 is 17.6 Å². The van der Waals surface area contributed by atoms with Crippen LogP contribution in [-0.2, 0) is 6.18 Å². The SMILES string of the molecule is Cc1ccc(C(=O)NC(=S)Nc2cc(C(F)(F)F)ccc2Cl)cc1C. The highest BCUT2D eigenvalue weighted by Gasteiger charge is 2.31. The summed E-state index contributed by atoms with van der Waals surface area (Å²) in [6, 6.07) is 7.94. The Morgan fingerprint density at radius 3 is 2.36 bits per heavy atom. The highest BCUT2D eigenvalue weighted by atomic mass is 35.5. The molecule has 2 rings (SSSR count). The van der Waals surface area contributed by atoms with E-state index in [1.54, 1.807) is 18.2 Å². The number of aryl methyl sites for hydroxylation is 2. The summed E-state index contributed by atoms with van der Waals surface area (Å²) in [7, 11) is 0. The van der Waals surface area contributed by atoms with Gasteiger partial charge in [-0.05, 0) is 67.5 Å². The lowest BCUT2D eigenvalue weighted by Gasteiger charge is -2.14. The maximum absolute atomic E-state index is 12.8. The van der Waals surface area contributed by atoms with Gasteiger partial charge in [0, 0.05) is 5.56 Å². The molecule has 8 heteroatoms. The fourth-order valence-electron chi connectivity index (χ4n) is 2.01. The maximum Gasteiger partial charge on any atom is 0.416 e. The number of rotatable bonds is 2. The van der Waals surface area contributed by atoms with Gasteiger partial charge in [-0.3, -0.25) is 10.1 Å². The van der Waals surface area contributed by atoms with Gasteiger partial charge in [0.1, 0.15) is 0 Å². The van der Waals surface area contributed by atoms with Gasteiger partial charge in [-0.15, -0.1) is 0 Å². The topological polar surface area (TPSA) is 41.1 Å². The summed E-state index contributed by atoms with van der Waals surface area (Å²) < 4.78 is 38.3. The lowest BCUT2D eigenvalue weighted by Crippen LogP contribution is -2.34. The summed E-state index contributed by atoms with van der Waals surface area (Å²) in [5.74, 6) is -0.469. The summed E-state index contributed by atoms with van der Waals surface area (Å²) in [6.07, 6.45) is -4.51. The Kier molecular flexibility index (Phi) is 5.69. The molecule has 0 heterocycles. The van der Waals surface area contributed by atoms with Crippen LogP contribution in [0.4, 0.5) is 18.9 Å². The van der Waals surface area contributed by atoms with Crippen LogP contribution in [0.1, 0.15) is 27.0 Å². The van der Waals surface area contributed by atoms with E-state index >= 15 is 0 Å². The third kappa shape index (κ3) is 4.93. The third-order valence-electron chi connectivity index (χ3n) is 3.54. The molecule has 0 saturated carbocycles. The maximum atomic E-state index is 12.8. The van der Waals surface area contributed by atoms with Crippen molar-refractivity contribution in [3.8, 4) is 0 Å². The van der Waals surface area contributed by atoms with Crippen LogP contribution in [0.2, 0.25) is 5.02 Å². The fraction of sp³-hybridized carbons (Fsp3) is 0.176. The molecule has 3 nitrogen and oxygen atoms in total. The van der Waals surface area contributed by atoms with Crippen molar-refractivity contribution in [1.29, 1.82) is 0 Å². The van der Waals surface area contributed by atoms with Crippen molar-refractivity contribution in [2.45, 2.75) is 20.0 Å². The van der Waals surface area contributed by atoms with Crippen molar-refractivity contribution >= 4 is 40.5 Å². The molecule has 132 valence electrons. The van der Waals surface area contributed by atoms with Crippen molar-refractivity contribution in [1.82, 2.24) is 5.32 Å². The van der Waals surface area contributed by atoms with Gasteiger partial charge >= 0.3 is 6.18 Å². The van der Waals surface area contributed by atoms with E-state index in [-0.39, 0.29) is 15.8 Å². The monoisotopic (exact) mass is 386 g/mol. The molecule has 0 radical (unpaired) electrons. The minimum absolute atomic E-state index is 0.0399. The van der Waals surface area contributed by atoms with Gasteiger partial charge in [0.05, 0.1) is 16.3 Å². The Bertz CT molecular complexity index is 837. The largest absolute Gasteiger partial charge is 0.416 e. The average molecular weight is 387 g/mol. The van der Waals surface area contributed by atoms with E-state index in [0.717, 1.165) is 29.3 Å². The normalized spacial score (nSPS) is 11.1. The lowest BCUT2D eigenvalue weighted by molar-refractivity contribution is -0.137. The average Bonchev–Trinajstić information content (AvgIpc) is 2.50. The Morgan fingerprint density at radius 2 is 1.76 bits per heavy atom. The molecule has 25 heavy (non-hydrogen) atoms. The third-order valence-corrected chi connectivity index (χ3v) is 4.07. The van der Waals surface area contributed by atoms with E-state index in [1.165, 1.54) is 0 Å². The zero-order chi connectivity index (χ0) is 18.8. The first-order valence-corrected chi connectivity index (χ1v) is 7.93. The number of amides is 1. The number of alkyl halides is 3. The molecule has 0 aromatic heterocycles. The molecule has 2 aromatic rings. The Balaban J connectivity index is 2.12. The number of anilines is 1. The number of carbonyl (C=O) groups is 1. The van der Waals surface area contributed by atoms with Crippen LogP contribution in [-0.4, -0.2) is 11.0 Å². The van der Waals surface area contributed by atoms with Crippen LogP contribution in [0.15, 0.2) is 36.4 Å². The summed E-state index contributed by atoms with van der Waals surface area (Å²) >= 11 is 10.9. The predicted octanol–water partition coefficient (Wildman–Crippen LogP) is 5.10. The minimum Gasteiger partial charge on any atom is -0.331 e. The van der Waals surface area contributed by atoms with Crippen LogP contribution in [0.3, 0.4) is 0 Å². The zero-order valence-corrected chi connectivity index (χ0v) is 14.9. The molecule has 0 atom stereocenters. The quantitative estimate of drug-likeness (QED) is 0.705. The van der Waals surface area contributed by atoms with E-state index in [1.807, 2.05) is 13.8 Å². The Morgan fingerprint density at radius 1 is 1.08 bits per heavy atom. The molecule has 0 saturated heterocycles. The lowest BCUT2D eigenvalue weighted by atomic mass is 10.1. The van der Waals surface area contributed by atoms with Crippen LogP contribution < -0.4 is 10.6 Å². The van der Waals surface area contributed by atoms with Crippen LogP contribution >= 0.6 is 23.8 Å². The summed E-state index contributed by atoms with van der Waals surface area (Å²) in [5.41, 5.74) is 1.45. The molecule has 0 aliphatic rings. The second-order valence-corrected chi connectivity index (χ2v) is 6.22. The highest BCUT2D eigenvalue weighted by Crippen LogP contribution is 2.33. The number of thiocarbonyl (C=S) groups is 1. The number of hydrogen-bond donors (Lipinski definition) is 2. The molecule has 0 spiro atoms. The smallest absolute Gasteiger partial charge is 0.331 e. The first kappa shape index (κ1) is 19.2. The Hall–Kier alpha value is -2.12. The first-order chi connectivity index (χ1) is 11.6. The van der Waals surface area contributed by atoms with Gasteiger partial charge < -0.3 is 5.32 Å². The zero-order valence-electron chi connectivity index (χ0n) is 13.3. The Labute approximate surface area is 153 Å². The van der Waals surface area contributed by atoms with E-state index in [2.05, 4.69) is 10.6 Å². The standard InChI is InChI=1S/C17H14ClF3N2OS/c1-9-3-4-11(7-10(9)2)15(24)23-16(25)22-14-8-12(17(19,20)21)5-6-13(14)18/h3-8H,1-2H3,(H2,22,23,24,25). The number of hydrogen-bond acceptors (Lipinski definition) is 2. The second-order valence-electron chi connectivity index (χ2n) is 5.40.